The van der Waals surface area contributed by atoms with E-state index < -0.39 is 0 Å². The fourth-order valence-electron chi connectivity index (χ4n) is 4.20. The number of likely N-dealkylation sites (tertiary alicyclic amines) is 1. The van der Waals surface area contributed by atoms with Crippen molar-refractivity contribution in [3.63, 3.8) is 0 Å². The molecule has 18 heavy (non-hydrogen) atoms. The van der Waals surface area contributed by atoms with Crippen LogP contribution in [-0.4, -0.2) is 23.5 Å². The molecular weight excluding hydrogens is 218 g/mol. The molecule has 2 aliphatic rings. The highest BCUT2D eigenvalue weighted by atomic mass is 15.2. The van der Waals surface area contributed by atoms with E-state index in [2.05, 4.69) is 56.9 Å². The van der Waals surface area contributed by atoms with E-state index in [1.807, 2.05) is 0 Å². The average molecular weight is 243 g/mol. The van der Waals surface area contributed by atoms with Crippen molar-refractivity contribution >= 4 is 0 Å². The van der Waals surface area contributed by atoms with Gasteiger partial charge in [0.2, 0.25) is 0 Å². The smallest absolute Gasteiger partial charge is 0.0208 e. The Bertz CT molecular complexity index is 443. The summed E-state index contributed by atoms with van der Waals surface area (Å²) in [6, 6.07) is 10.6. The number of fused-ring (bicyclic) bond motifs is 3. The lowest BCUT2D eigenvalue weighted by molar-refractivity contribution is 0.114. The number of benzene rings is 1. The average Bonchev–Trinajstić information content (AvgIpc) is 2.83. The third-order valence-electron chi connectivity index (χ3n) is 5.02. The van der Waals surface area contributed by atoms with Gasteiger partial charge in [-0.1, -0.05) is 52.0 Å². The molecule has 3 atom stereocenters. The molecule has 0 radical (unpaired) electrons. The van der Waals surface area contributed by atoms with Gasteiger partial charge in [-0.05, 0) is 35.9 Å². The summed E-state index contributed by atoms with van der Waals surface area (Å²) in [6.07, 6.45) is 2.61. The van der Waals surface area contributed by atoms with E-state index in [4.69, 9.17) is 0 Å². The second-order valence-electron chi connectivity index (χ2n) is 7.02. The van der Waals surface area contributed by atoms with Crippen molar-refractivity contribution < 1.29 is 0 Å². The van der Waals surface area contributed by atoms with E-state index in [0.717, 1.165) is 18.0 Å². The molecule has 1 aliphatic heterocycles. The number of nitrogens with zero attached hydrogens (tertiary/aromatic N) is 1. The van der Waals surface area contributed by atoms with Gasteiger partial charge in [0, 0.05) is 18.0 Å². The summed E-state index contributed by atoms with van der Waals surface area (Å²) < 4.78 is 0. The summed E-state index contributed by atoms with van der Waals surface area (Å²) in [5.41, 5.74) is 3.63. The van der Waals surface area contributed by atoms with Crippen LogP contribution in [0.15, 0.2) is 24.3 Å². The van der Waals surface area contributed by atoms with Crippen LogP contribution in [0.4, 0.5) is 0 Å². The Labute approximate surface area is 111 Å². The van der Waals surface area contributed by atoms with E-state index in [1.165, 1.54) is 19.4 Å². The van der Waals surface area contributed by atoms with Crippen LogP contribution < -0.4 is 0 Å². The maximum Gasteiger partial charge on any atom is 0.0208 e. The monoisotopic (exact) mass is 243 g/mol. The second-order valence-corrected chi connectivity index (χ2v) is 7.02. The minimum Gasteiger partial charge on any atom is -0.296 e. The zero-order valence-corrected chi connectivity index (χ0v) is 12.1. The van der Waals surface area contributed by atoms with Gasteiger partial charge in [0.15, 0.2) is 0 Å². The Kier molecular flexibility index (Phi) is 2.78. The SMILES string of the molecule is CCN1C2Cc3ccccc3C2CC1C(C)(C)C. The molecule has 1 aromatic carbocycles. The summed E-state index contributed by atoms with van der Waals surface area (Å²) in [4.78, 5) is 2.77. The molecular formula is C17H25N. The first kappa shape index (κ1) is 12.2. The third kappa shape index (κ3) is 1.72. The Balaban J connectivity index is 1.95. The summed E-state index contributed by atoms with van der Waals surface area (Å²) >= 11 is 0. The van der Waals surface area contributed by atoms with E-state index in [-0.39, 0.29) is 0 Å². The van der Waals surface area contributed by atoms with Crippen LogP contribution >= 0.6 is 0 Å². The predicted octanol–water partition coefficient (Wildman–Crippen LogP) is 3.84. The first-order chi connectivity index (χ1) is 8.52. The highest BCUT2D eigenvalue weighted by Crippen LogP contribution is 2.49. The maximum absolute atomic E-state index is 2.77. The zero-order chi connectivity index (χ0) is 12.9. The zero-order valence-electron chi connectivity index (χ0n) is 12.1. The second kappa shape index (κ2) is 4.09. The van der Waals surface area contributed by atoms with Gasteiger partial charge >= 0.3 is 0 Å². The van der Waals surface area contributed by atoms with Crippen molar-refractivity contribution in [2.45, 2.75) is 58.5 Å². The van der Waals surface area contributed by atoms with Gasteiger partial charge in [0.1, 0.15) is 0 Å². The highest BCUT2D eigenvalue weighted by Gasteiger charge is 2.48. The number of rotatable bonds is 1. The summed E-state index contributed by atoms with van der Waals surface area (Å²) in [7, 11) is 0. The molecule has 1 fully saturated rings. The molecule has 1 heterocycles. The van der Waals surface area contributed by atoms with Crippen molar-refractivity contribution in [1.82, 2.24) is 4.90 Å². The summed E-state index contributed by atoms with van der Waals surface area (Å²) in [5.74, 6) is 0.783. The molecule has 98 valence electrons. The van der Waals surface area contributed by atoms with Gasteiger partial charge in [-0.2, -0.15) is 0 Å². The lowest BCUT2D eigenvalue weighted by Crippen LogP contribution is -2.43. The molecule has 0 bridgehead atoms. The van der Waals surface area contributed by atoms with Gasteiger partial charge in [-0.25, -0.2) is 0 Å². The van der Waals surface area contributed by atoms with Crippen molar-refractivity contribution in [1.29, 1.82) is 0 Å². The first-order valence-corrected chi connectivity index (χ1v) is 7.36. The van der Waals surface area contributed by atoms with Crippen LogP contribution in [0.1, 0.15) is 51.2 Å². The summed E-state index contributed by atoms with van der Waals surface area (Å²) in [5, 5.41) is 0. The topological polar surface area (TPSA) is 3.24 Å². The predicted molar refractivity (Wildman–Crippen MR) is 76.9 cm³/mol. The Morgan fingerprint density at radius 2 is 1.94 bits per heavy atom. The van der Waals surface area contributed by atoms with Crippen LogP contribution in [-0.2, 0) is 6.42 Å². The van der Waals surface area contributed by atoms with Gasteiger partial charge in [0.25, 0.3) is 0 Å². The minimum atomic E-state index is 0.398. The molecule has 0 N–H and O–H groups in total. The standard InChI is InChI=1S/C17H25N/c1-5-18-15-10-12-8-6-7-9-13(12)14(15)11-16(18)17(2,3)4/h6-9,14-16H,5,10-11H2,1-4H3. The van der Waals surface area contributed by atoms with Crippen molar-refractivity contribution in [2.75, 3.05) is 6.54 Å². The first-order valence-electron chi connectivity index (χ1n) is 7.36. The van der Waals surface area contributed by atoms with Crippen LogP contribution in [0.25, 0.3) is 0 Å². The molecule has 3 rings (SSSR count). The third-order valence-corrected chi connectivity index (χ3v) is 5.02. The lowest BCUT2D eigenvalue weighted by atomic mass is 9.82. The fraction of sp³-hybridized carbons (Fsp3) is 0.647. The van der Waals surface area contributed by atoms with Crippen LogP contribution in [0.2, 0.25) is 0 Å². The minimum absolute atomic E-state index is 0.398. The molecule has 0 amide bonds. The maximum atomic E-state index is 2.77. The van der Waals surface area contributed by atoms with Gasteiger partial charge in [-0.3, -0.25) is 4.90 Å². The lowest BCUT2D eigenvalue weighted by Gasteiger charge is -2.37. The van der Waals surface area contributed by atoms with Gasteiger partial charge < -0.3 is 0 Å². The quantitative estimate of drug-likeness (QED) is 0.724. The highest BCUT2D eigenvalue weighted by molar-refractivity contribution is 5.39. The normalized spacial score (nSPS) is 31.4. The molecule has 0 aromatic heterocycles. The van der Waals surface area contributed by atoms with Crippen LogP contribution in [0.5, 0.6) is 0 Å². The largest absolute Gasteiger partial charge is 0.296 e. The van der Waals surface area contributed by atoms with E-state index >= 15 is 0 Å². The van der Waals surface area contributed by atoms with Crippen molar-refractivity contribution in [3.05, 3.63) is 35.4 Å². The fourth-order valence-corrected chi connectivity index (χ4v) is 4.20. The number of hydrogen-bond donors (Lipinski definition) is 0. The Morgan fingerprint density at radius 1 is 1.22 bits per heavy atom. The Morgan fingerprint density at radius 3 is 2.61 bits per heavy atom. The van der Waals surface area contributed by atoms with Gasteiger partial charge in [-0.15, -0.1) is 0 Å². The van der Waals surface area contributed by atoms with E-state index in [0.29, 0.717) is 5.41 Å². The van der Waals surface area contributed by atoms with Crippen molar-refractivity contribution in [3.8, 4) is 0 Å². The molecule has 1 heteroatoms. The van der Waals surface area contributed by atoms with Gasteiger partial charge in [0.05, 0.1) is 0 Å². The summed E-state index contributed by atoms with van der Waals surface area (Å²) in [6.45, 7) is 10.7. The van der Waals surface area contributed by atoms with Crippen LogP contribution in [0, 0.1) is 5.41 Å². The number of hydrogen-bond acceptors (Lipinski definition) is 1. The molecule has 3 unspecified atom stereocenters. The Hall–Kier alpha value is -0.820. The van der Waals surface area contributed by atoms with E-state index in [1.54, 1.807) is 11.1 Å². The molecule has 0 saturated carbocycles. The van der Waals surface area contributed by atoms with E-state index in [9.17, 15) is 0 Å². The molecule has 0 spiro atoms. The number of likely N-dealkylation sites (N-methyl/N-ethyl adjacent to an activating group) is 1. The molecule has 1 nitrogen and oxygen atoms in total. The molecule has 1 saturated heterocycles. The molecule has 1 aromatic rings. The van der Waals surface area contributed by atoms with Crippen LogP contribution in [0.3, 0.4) is 0 Å². The molecule has 1 aliphatic carbocycles. The van der Waals surface area contributed by atoms with Crippen molar-refractivity contribution in [2.24, 2.45) is 5.41 Å².